The number of hydrogen-bond donors (Lipinski definition) is 1. The van der Waals surface area contributed by atoms with Crippen molar-refractivity contribution in [2.24, 2.45) is 0 Å². The van der Waals surface area contributed by atoms with E-state index in [2.05, 4.69) is 10.3 Å². The highest BCUT2D eigenvalue weighted by molar-refractivity contribution is 6.33. The van der Waals surface area contributed by atoms with Crippen molar-refractivity contribution in [3.8, 4) is 0 Å². The maximum absolute atomic E-state index is 13.1. The number of carbonyl (C=O) groups is 1. The zero-order chi connectivity index (χ0) is 18.9. The van der Waals surface area contributed by atoms with Crippen LogP contribution in [0.15, 0.2) is 12.3 Å². The van der Waals surface area contributed by atoms with Crippen LogP contribution in [0.1, 0.15) is 66.7 Å². The van der Waals surface area contributed by atoms with Crippen molar-refractivity contribution in [2.75, 3.05) is 0 Å². The molecule has 3 rings (SSSR count). The van der Waals surface area contributed by atoms with Gasteiger partial charge in [-0.25, -0.2) is 4.98 Å². The maximum atomic E-state index is 13.1. The molecule has 1 N–H and O–H groups in total. The number of alkyl halides is 3. The van der Waals surface area contributed by atoms with Crippen molar-refractivity contribution in [2.45, 2.75) is 64.1 Å². The van der Waals surface area contributed by atoms with E-state index < -0.39 is 17.6 Å². The summed E-state index contributed by atoms with van der Waals surface area (Å²) in [6.07, 6.45) is 3.69. The van der Waals surface area contributed by atoms with Gasteiger partial charge in [-0.1, -0.05) is 43.7 Å². The molecule has 0 aromatic carbocycles. The van der Waals surface area contributed by atoms with E-state index in [0.717, 1.165) is 55.2 Å². The van der Waals surface area contributed by atoms with Gasteiger partial charge >= 0.3 is 6.18 Å². The molecule has 2 heterocycles. The Kier molecular flexibility index (Phi) is 5.46. The lowest BCUT2D eigenvalue weighted by molar-refractivity contribution is -0.137. The van der Waals surface area contributed by atoms with Gasteiger partial charge in [-0.3, -0.25) is 9.20 Å². The Hall–Kier alpha value is -1.76. The number of nitrogens with one attached hydrogen (secondary N) is 1. The second kappa shape index (κ2) is 7.47. The lowest BCUT2D eigenvalue weighted by Gasteiger charge is -2.21. The number of pyridine rings is 1. The van der Waals surface area contributed by atoms with Crippen LogP contribution in [0.4, 0.5) is 13.2 Å². The number of amides is 1. The molecule has 0 bridgehead atoms. The van der Waals surface area contributed by atoms with E-state index in [9.17, 15) is 18.0 Å². The van der Waals surface area contributed by atoms with Gasteiger partial charge in [0.15, 0.2) is 5.65 Å². The van der Waals surface area contributed by atoms with Gasteiger partial charge < -0.3 is 5.32 Å². The minimum atomic E-state index is -4.55. The average Bonchev–Trinajstić information content (AvgIpc) is 2.85. The SMILES string of the molecule is Cc1nc2c(Cl)cc(C(F)(F)F)cn2c1C(=O)NC1CCCCCCC1. The summed E-state index contributed by atoms with van der Waals surface area (Å²) >= 11 is 5.97. The van der Waals surface area contributed by atoms with Crippen LogP contribution in [0.3, 0.4) is 0 Å². The molecule has 0 aliphatic heterocycles. The molecule has 0 radical (unpaired) electrons. The van der Waals surface area contributed by atoms with Gasteiger partial charge in [0.2, 0.25) is 0 Å². The molecule has 1 fully saturated rings. The summed E-state index contributed by atoms with van der Waals surface area (Å²) < 4.78 is 40.4. The highest BCUT2D eigenvalue weighted by atomic mass is 35.5. The van der Waals surface area contributed by atoms with Gasteiger partial charge in [-0.05, 0) is 25.8 Å². The highest BCUT2D eigenvalue weighted by Crippen LogP contribution is 2.33. The second-order valence-corrected chi connectivity index (χ2v) is 7.24. The van der Waals surface area contributed by atoms with E-state index in [-0.39, 0.29) is 22.4 Å². The van der Waals surface area contributed by atoms with E-state index in [4.69, 9.17) is 11.6 Å². The highest BCUT2D eigenvalue weighted by Gasteiger charge is 2.33. The largest absolute Gasteiger partial charge is 0.417 e. The lowest BCUT2D eigenvalue weighted by atomic mass is 9.96. The van der Waals surface area contributed by atoms with Crippen molar-refractivity contribution in [1.29, 1.82) is 0 Å². The van der Waals surface area contributed by atoms with Crippen LogP contribution >= 0.6 is 11.6 Å². The van der Waals surface area contributed by atoms with Gasteiger partial charge in [0.25, 0.3) is 5.91 Å². The third-order valence-corrected chi connectivity index (χ3v) is 5.11. The smallest absolute Gasteiger partial charge is 0.348 e. The van der Waals surface area contributed by atoms with Crippen LogP contribution in [0.25, 0.3) is 5.65 Å². The number of halogens is 4. The van der Waals surface area contributed by atoms with Crippen molar-refractivity contribution in [1.82, 2.24) is 14.7 Å². The van der Waals surface area contributed by atoms with E-state index in [1.54, 1.807) is 6.92 Å². The summed E-state index contributed by atoms with van der Waals surface area (Å²) in [6.45, 7) is 1.60. The number of rotatable bonds is 2. The summed E-state index contributed by atoms with van der Waals surface area (Å²) in [5.74, 6) is -0.407. The predicted molar refractivity (Wildman–Crippen MR) is 93.5 cm³/mol. The van der Waals surface area contributed by atoms with Gasteiger partial charge in [0.05, 0.1) is 16.3 Å². The summed E-state index contributed by atoms with van der Waals surface area (Å²) in [5.41, 5.74) is -0.294. The van der Waals surface area contributed by atoms with Crippen LogP contribution < -0.4 is 5.32 Å². The van der Waals surface area contributed by atoms with Crippen LogP contribution in [0.5, 0.6) is 0 Å². The summed E-state index contributed by atoms with van der Waals surface area (Å²) in [7, 11) is 0. The molecule has 142 valence electrons. The van der Waals surface area contributed by atoms with Crippen molar-refractivity contribution in [3.05, 3.63) is 34.2 Å². The normalized spacial score (nSPS) is 17.1. The Bertz CT molecular complexity index is 808. The number of hydrogen-bond acceptors (Lipinski definition) is 2. The molecular formula is C18H21ClF3N3O. The standard InChI is InChI=1S/C18H21ClF3N3O/c1-11-15(17(26)24-13-7-5-3-2-4-6-8-13)25-10-12(18(20,21)22)9-14(19)16(25)23-11/h9-10,13H,2-8H2,1H3,(H,24,26). The third-order valence-electron chi connectivity index (χ3n) is 4.83. The van der Waals surface area contributed by atoms with Crippen LogP contribution in [-0.2, 0) is 6.18 Å². The summed E-state index contributed by atoms with van der Waals surface area (Å²) in [6, 6.07) is 0.869. The molecule has 0 unspecified atom stereocenters. The minimum absolute atomic E-state index is 0.0361. The number of aryl methyl sites for hydroxylation is 1. The fourth-order valence-electron chi connectivity index (χ4n) is 3.50. The molecule has 2 aromatic rings. The number of carbonyl (C=O) groups excluding carboxylic acids is 1. The average molecular weight is 388 g/mol. The van der Waals surface area contributed by atoms with Crippen molar-refractivity contribution >= 4 is 23.2 Å². The molecule has 1 amide bonds. The molecule has 1 aliphatic carbocycles. The zero-order valence-corrected chi connectivity index (χ0v) is 15.3. The van der Waals surface area contributed by atoms with Gasteiger partial charge in [0, 0.05) is 12.2 Å². The Balaban J connectivity index is 1.94. The molecule has 4 nitrogen and oxygen atoms in total. The fraction of sp³-hybridized carbons (Fsp3) is 0.556. The zero-order valence-electron chi connectivity index (χ0n) is 14.5. The Morgan fingerprint density at radius 1 is 1.23 bits per heavy atom. The lowest BCUT2D eigenvalue weighted by Crippen LogP contribution is -2.36. The molecule has 1 aliphatic rings. The Labute approximate surface area is 154 Å². The topological polar surface area (TPSA) is 46.4 Å². The molecular weight excluding hydrogens is 367 g/mol. The maximum Gasteiger partial charge on any atom is 0.417 e. The number of aromatic nitrogens is 2. The van der Waals surface area contributed by atoms with E-state index >= 15 is 0 Å². The van der Waals surface area contributed by atoms with Gasteiger partial charge in [-0.15, -0.1) is 0 Å². The number of nitrogens with zero attached hydrogens (tertiary/aromatic N) is 2. The first-order valence-corrected chi connectivity index (χ1v) is 9.21. The van der Waals surface area contributed by atoms with Crippen molar-refractivity contribution in [3.63, 3.8) is 0 Å². The van der Waals surface area contributed by atoms with E-state index in [1.807, 2.05) is 0 Å². The minimum Gasteiger partial charge on any atom is -0.348 e. The molecule has 26 heavy (non-hydrogen) atoms. The van der Waals surface area contributed by atoms with E-state index in [0.29, 0.717) is 5.69 Å². The van der Waals surface area contributed by atoms with Crippen LogP contribution in [-0.4, -0.2) is 21.3 Å². The summed E-state index contributed by atoms with van der Waals surface area (Å²) in [4.78, 5) is 17.0. The fourth-order valence-corrected chi connectivity index (χ4v) is 3.75. The Morgan fingerprint density at radius 3 is 2.46 bits per heavy atom. The van der Waals surface area contributed by atoms with Gasteiger partial charge in [0.1, 0.15) is 5.69 Å². The van der Waals surface area contributed by atoms with E-state index in [1.165, 1.54) is 6.42 Å². The predicted octanol–water partition coefficient (Wildman–Crippen LogP) is 5.16. The molecule has 0 atom stereocenters. The molecule has 0 spiro atoms. The molecule has 0 saturated heterocycles. The number of fused-ring (bicyclic) bond motifs is 1. The van der Waals surface area contributed by atoms with Crippen molar-refractivity contribution < 1.29 is 18.0 Å². The third kappa shape index (κ3) is 3.98. The number of imidazole rings is 1. The molecule has 2 aromatic heterocycles. The first-order chi connectivity index (χ1) is 12.3. The Morgan fingerprint density at radius 2 is 1.85 bits per heavy atom. The molecule has 8 heteroatoms. The second-order valence-electron chi connectivity index (χ2n) is 6.83. The first-order valence-electron chi connectivity index (χ1n) is 8.83. The molecule has 1 saturated carbocycles. The quantitative estimate of drug-likeness (QED) is 0.773. The van der Waals surface area contributed by atoms with Crippen LogP contribution in [0, 0.1) is 6.92 Å². The van der Waals surface area contributed by atoms with Crippen LogP contribution in [0.2, 0.25) is 5.02 Å². The summed E-state index contributed by atoms with van der Waals surface area (Å²) in [5, 5.41) is 2.84. The van der Waals surface area contributed by atoms with Gasteiger partial charge in [-0.2, -0.15) is 13.2 Å². The monoisotopic (exact) mass is 387 g/mol. The first kappa shape index (κ1) is 19.0.